The minimum absolute atomic E-state index is 0.179. The summed E-state index contributed by atoms with van der Waals surface area (Å²) in [5.41, 5.74) is 4.24. The summed E-state index contributed by atoms with van der Waals surface area (Å²) in [6.45, 7) is 4.72. The zero-order valence-corrected chi connectivity index (χ0v) is 21.0. The lowest BCUT2D eigenvalue weighted by atomic mass is 10.0. The SMILES string of the molecule is CCC(=O)N1CCN(c2ccc(NC(=S)NC(=O)c3ccc(-c4ccccc4)cc3)cc2Cl)CC1. The first kappa shape index (κ1) is 24.7. The van der Waals surface area contributed by atoms with Crippen LogP contribution >= 0.6 is 23.8 Å². The summed E-state index contributed by atoms with van der Waals surface area (Å²) in [6, 6.07) is 22.9. The van der Waals surface area contributed by atoms with Gasteiger partial charge >= 0.3 is 0 Å². The Balaban J connectivity index is 1.32. The minimum Gasteiger partial charge on any atom is -0.367 e. The van der Waals surface area contributed by atoms with Gasteiger partial charge in [-0.25, -0.2) is 0 Å². The van der Waals surface area contributed by atoms with E-state index in [-0.39, 0.29) is 16.9 Å². The first-order valence-electron chi connectivity index (χ1n) is 11.5. The van der Waals surface area contributed by atoms with Crippen LogP contribution in [0.1, 0.15) is 23.7 Å². The molecule has 35 heavy (non-hydrogen) atoms. The molecule has 8 heteroatoms. The number of benzene rings is 3. The van der Waals surface area contributed by atoms with E-state index in [1.54, 1.807) is 18.2 Å². The summed E-state index contributed by atoms with van der Waals surface area (Å²) in [5.74, 6) is -0.109. The van der Waals surface area contributed by atoms with E-state index in [0.717, 1.165) is 29.9 Å². The summed E-state index contributed by atoms with van der Waals surface area (Å²) < 4.78 is 0. The van der Waals surface area contributed by atoms with Gasteiger partial charge in [0.15, 0.2) is 5.11 Å². The fraction of sp³-hybridized carbons (Fsp3) is 0.222. The molecule has 0 bridgehead atoms. The van der Waals surface area contributed by atoms with Crippen molar-refractivity contribution in [2.24, 2.45) is 0 Å². The number of carbonyl (C=O) groups excluding carboxylic acids is 2. The van der Waals surface area contributed by atoms with E-state index in [4.69, 9.17) is 23.8 Å². The van der Waals surface area contributed by atoms with Crippen molar-refractivity contribution in [2.75, 3.05) is 36.4 Å². The van der Waals surface area contributed by atoms with Crippen molar-refractivity contribution in [3.05, 3.63) is 83.4 Å². The van der Waals surface area contributed by atoms with Crippen LogP contribution in [0.4, 0.5) is 11.4 Å². The highest BCUT2D eigenvalue weighted by molar-refractivity contribution is 7.80. The molecule has 1 aliphatic heterocycles. The largest absolute Gasteiger partial charge is 0.367 e. The van der Waals surface area contributed by atoms with Crippen LogP contribution in [0.3, 0.4) is 0 Å². The van der Waals surface area contributed by atoms with Crippen LogP contribution in [-0.4, -0.2) is 48.0 Å². The van der Waals surface area contributed by atoms with Crippen molar-refractivity contribution in [3.8, 4) is 11.1 Å². The van der Waals surface area contributed by atoms with Crippen LogP contribution in [0.2, 0.25) is 5.02 Å². The fourth-order valence-electron chi connectivity index (χ4n) is 4.04. The van der Waals surface area contributed by atoms with Crippen molar-refractivity contribution in [2.45, 2.75) is 13.3 Å². The number of halogens is 1. The van der Waals surface area contributed by atoms with E-state index < -0.39 is 0 Å². The number of rotatable bonds is 5. The monoisotopic (exact) mass is 506 g/mol. The maximum absolute atomic E-state index is 12.6. The average Bonchev–Trinajstić information content (AvgIpc) is 2.89. The van der Waals surface area contributed by atoms with Crippen LogP contribution in [0.5, 0.6) is 0 Å². The van der Waals surface area contributed by atoms with E-state index in [1.807, 2.05) is 66.4 Å². The molecule has 3 aromatic rings. The van der Waals surface area contributed by atoms with Crippen LogP contribution in [0.25, 0.3) is 11.1 Å². The molecule has 180 valence electrons. The Morgan fingerprint density at radius 1 is 0.914 bits per heavy atom. The molecule has 0 aromatic heterocycles. The van der Waals surface area contributed by atoms with Crippen molar-refractivity contribution in [3.63, 3.8) is 0 Å². The lowest BCUT2D eigenvalue weighted by molar-refractivity contribution is -0.131. The molecule has 0 spiro atoms. The number of hydrogen-bond donors (Lipinski definition) is 2. The van der Waals surface area contributed by atoms with Gasteiger partial charge in [0.1, 0.15) is 0 Å². The predicted molar refractivity (Wildman–Crippen MR) is 146 cm³/mol. The third kappa shape index (κ3) is 6.18. The van der Waals surface area contributed by atoms with E-state index in [0.29, 0.717) is 35.8 Å². The van der Waals surface area contributed by atoms with Gasteiger partial charge in [0, 0.05) is 43.9 Å². The van der Waals surface area contributed by atoms with Crippen LogP contribution in [-0.2, 0) is 4.79 Å². The molecule has 0 aliphatic carbocycles. The number of carbonyl (C=O) groups is 2. The van der Waals surface area contributed by atoms with Gasteiger partial charge in [-0.05, 0) is 53.7 Å². The van der Waals surface area contributed by atoms with E-state index in [1.165, 1.54) is 0 Å². The van der Waals surface area contributed by atoms with Gasteiger partial charge in [-0.2, -0.15) is 0 Å². The number of anilines is 2. The lowest BCUT2D eigenvalue weighted by Crippen LogP contribution is -2.48. The van der Waals surface area contributed by atoms with Gasteiger partial charge in [-0.1, -0.05) is 61.0 Å². The van der Waals surface area contributed by atoms with Gasteiger partial charge in [0.2, 0.25) is 5.91 Å². The molecule has 1 fully saturated rings. The molecule has 1 heterocycles. The standard InChI is InChI=1S/C27H27ClN4O2S/c1-2-25(33)32-16-14-31(15-17-32)24-13-12-22(18-23(24)28)29-27(35)30-26(34)21-10-8-20(9-11-21)19-6-4-3-5-7-19/h3-13,18H,2,14-17H2,1H3,(H2,29,30,34,35). The van der Waals surface area contributed by atoms with Crippen molar-refractivity contribution in [1.82, 2.24) is 10.2 Å². The second kappa shape index (κ2) is 11.3. The maximum atomic E-state index is 12.6. The Morgan fingerprint density at radius 3 is 2.20 bits per heavy atom. The van der Waals surface area contributed by atoms with Crippen LogP contribution < -0.4 is 15.5 Å². The second-order valence-corrected chi connectivity index (χ2v) is 9.05. The molecule has 2 amide bonds. The Bertz CT molecular complexity index is 1210. The van der Waals surface area contributed by atoms with Crippen molar-refractivity contribution >= 4 is 52.1 Å². The summed E-state index contributed by atoms with van der Waals surface area (Å²) in [5, 5.41) is 6.51. The second-order valence-electron chi connectivity index (χ2n) is 8.24. The van der Waals surface area contributed by atoms with Crippen LogP contribution in [0, 0.1) is 0 Å². The van der Waals surface area contributed by atoms with Gasteiger partial charge in [-0.3, -0.25) is 14.9 Å². The summed E-state index contributed by atoms with van der Waals surface area (Å²) in [7, 11) is 0. The Kier molecular flexibility index (Phi) is 8.00. The Labute approximate surface area is 215 Å². The quantitative estimate of drug-likeness (QED) is 0.466. The van der Waals surface area contributed by atoms with E-state index >= 15 is 0 Å². The van der Waals surface area contributed by atoms with Gasteiger partial charge in [-0.15, -0.1) is 0 Å². The van der Waals surface area contributed by atoms with Crippen molar-refractivity contribution < 1.29 is 9.59 Å². The Hall–Kier alpha value is -3.42. The highest BCUT2D eigenvalue weighted by Crippen LogP contribution is 2.30. The van der Waals surface area contributed by atoms with Gasteiger partial charge in [0.05, 0.1) is 10.7 Å². The molecule has 0 atom stereocenters. The summed E-state index contributed by atoms with van der Waals surface area (Å²) >= 11 is 11.9. The molecule has 4 rings (SSSR count). The van der Waals surface area contributed by atoms with Crippen molar-refractivity contribution in [1.29, 1.82) is 0 Å². The molecule has 1 saturated heterocycles. The summed E-state index contributed by atoms with van der Waals surface area (Å²) in [6.07, 6.45) is 0.524. The van der Waals surface area contributed by atoms with Gasteiger partial charge < -0.3 is 15.1 Å². The molecule has 0 saturated carbocycles. The average molecular weight is 507 g/mol. The molecule has 0 radical (unpaired) electrons. The smallest absolute Gasteiger partial charge is 0.257 e. The molecule has 1 aliphatic rings. The zero-order chi connectivity index (χ0) is 24.8. The summed E-state index contributed by atoms with van der Waals surface area (Å²) in [4.78, 5) is 28.6. The normalized spacial score (nSPS) is 13.3. The lowest BCUT2D eigenvalue weighted by Gasteiger charge is -2.36. The highest BCUT2D eigenvalue weighted by atomic mass is 35.5. The first-order chi connectivity index (χ1) is 16.9. The highest BCUT2D eigenvalue weighted by Gasteiger charge is 2.21. The number of hydrogen-bond acceptors (Lipinski definition) is 4. The molecule has 2 N–H and O–H groups in total. The number of nitrogens with zero attached hydrogens (tertiary/aromatic N) is 2. The Morgan fingerprint density at radius 2 is 1.57 bits per heavy atom. The molecule has 6 nitrogen and oxygen atoms in total. The number of amides is 2. The number of piperazine rings is 1. The third-order valence-corrected chi connectivity index (χ3v) is 6.47. The van der Waals surface area contributed by atoms with Crippen LogP contribution in [0.15, 0.2) is 72.8 Å². The third-order valence-electron chi connectivity index (χ3n) is 5.96. The maximum Gasteiger partial charge on any atom is 0.257 e. The fourth-order valence-corrected chi connectivity index (χ4v) is 4.55. The first-order valence-corrected chi connectivity index (χ1v) is 12.3. The van der Waals surface area contributed by atoms with E-state index in [2.05, 4.69) is 15.5 Å². The molecule has 3 aromatic carbocycles. The topological polar surface area (TPSA) is 64.7 Å². The number of nitrogens with one attached hydrogen (secondary N) is 2. The van der Waals surface area contributed by atoms with E-state index in [9.17, 15) is 9.59 Å². The molecule has 0 unspecified atom stereocenters. The van der Waals surface area contributed by atoms with Gasteiger partial charge in [0.25, 0.3) is 5.91 Å². The minimum atomic E-state index is -0.288. The number of thiocarbonyl (C=S) groups is 1. The molecular formula is C27H27ClN4O2S. The predicted octanol–water partition coefficient (Wildman–Crippen LogP) is 5.19. The molecular weight excluding hydrogens is 480 g/mol. The zero-order valence-electron chi connectivity index (χ0n) is 19.5.